The normalized spacial score (nSPS) is 12.6. The van der Waals surface area contributed by atoms with Crippen LogP contribution in [-0.2, 0) is 14.3 Å². The number of carboxylic acids is 1. The van der Waals surface area contributed by atoms with E-state index in [1.54, 1.807) is 0 Å². The van der Waals surface area contributed by atoms with Gasteiger partial charge in [0.1, 0.15) is 6.10 Å². The molecule has 4 nitrogen and oxygen atoms in total. The summed E-state index contributed by atoms with van der Waals surface area (Å²) in [7, 11) is 0. The second-order valence-corrected chi connectivity index (χ2v) is 12.0. The van der Waals surface area contributed by atoms with Crippen LogP contribution in [-0.4, -0.2) is 23.1 Å². The molecule has 1 atom stereocenters. The minimum absolute atomic E-state index is 0.0709. The summed E-state index contributed by atoms with van der Waals surface area (Å²) >= 11 is 0. The van der Waals surface area contributed by atoms with E-state index in [2.05, 4.69) is 50.3 Å². The van der Waals surface area contributed by atoms with E-state index >= 15 is 0 Å². The highest BCUT2D eigenvalue weighted by molar-refractivity contribution is 5.69. The van der Waals surface area contributed by atoms with Crippen LogP contribution in [0.5, 0.6) is 0 Å². The van der Waals surface area contributed by atoms with Crippen LogP contribution in [0.2, 0.25) is 0 Å². The maximum atomic E-state index is 12.4. The zero-order chi connectivity index (χ0) is 30.8. The summed E-state index contributed by atoms with van der Waals surface area (Å²) in [4.78, 5) is 23.4. The second kappa shape index (κ2) is 33.7. The van der Waals surface area contributed by atoms with Crippen molar-refractivity contribution in [3.05, 3.63) is 36.5 Å². The minimum Gasteiger partial charge on any atom is -0.481 e. The molecule has 0 saturated carbocycles. The third-order valence-corrected chi connectivity index (χ3v) is 7.89. The first-order valence-corrected chi connectivity index (χ1v) is 18.0. The molecule has 1 N–H and O–H groups in total. The van der Waals surface area contributed by atoms with Crippen LogP contribution < -0.4 is 0 Å². The van der Waals surface area contributed by atoms with Crippen LogP contribution in [0.15, 0.2) is 36.5 Å². The zero-order valence-electron chi connectivity index (χ0n) is 27.8. The summed E-state index contributed by atoms with van der Waals surface area (Å²) in [6.07, 6.45) is 43.0. The lowest BCUT2D eigenvalue weighted by Crippen LogP contribution is -2.19. The standard InChI is InChI=1S/C38H68O4/c1-3-5-7-9-11-13-15-16-17-18-19-20-21-22-23-25-27-29-31-33-38(41)42-36(34-35-37(39)40)32-30-28-26-24-14-12-10-8-6-4-2/h5,7,11,13,16-17,36H,3-4,6,8-10,12,14-15,18-35H2,1-2H3,(H,39,40)/b7-5-,13-11-,17-16-. The predicted octanol–water partition coefficient (Wildman–Crippen LogP) is 12.2. The molecule has 0 aliphatic heterocycles. The van der Waals surface area contributed by atoms with Crippen molar-refractivity contribution in [2.45, 2.75) is 193 Å². The number of carbonyl (C=O) groups is 2. The number of esters is 1. The average molecular weight is 589 g/mol. The molecule has 0 saturated heterocycles. The molecule has 0 aliphatic carbocycles. The maximum Gasteiger partial charge on any atom is 0.306 e. The van der Waals surface area contributed by atoms with Crippen molar-refractivity contribution in [2.24, 2.45) is 0 Å². The highest BCUT2D eigenvalue weighted by Gasteiger charge is 2.15. The van der Waals surface area contributed by atoms with Crippen LogP contribution in [0, 0.1) is 0 Å². The fourth-order valence-electron chi connectivity index (χ4n) is 5.25. The van der Waals surface area contributed by atoms with Crippen molar-refractivity contribution < 1.29 is 19.4 Å². The molecule has 4 heteroatoms. The molecule has 0 amide bonds. The Hall–Kier alpha value is -1.84. The molecule has 42 heavy (non-hydrogen) atoms. The number of carbonyl (C=O) groups excluding carboxylic acids is 1. The molecule has 244 valence electrons. The Labute approximate surface area is 260 Å². The first kappa shape index (κ1) is 40.2. The van der Waals surface area contributed by atoms with E-state index in [-0.39, 0.29) is 18.5 Å². The van der Waals surface area contributed by atoms with Gasteiger partial charge in [0.25, 0.3) is 0 Å². The Morgan fingerprint density at radius 2 is 1.02 bits per heavy atom. The van der Waals surface area contributed by atoms with Crippen LogP contribution in [0.4, 0.5) is 0 Å². The van der Waals surface area contributed by atoms with Crippen molar-refractivity contribution in [2.75, 3.05) is 0 Å². The van der Waals surface area contributed by atoms with Crippen molar-refractivity contribution in [1.82, 2.24) is 0 Å². The van der Waals surface area contributed by atoms with Crippen molar-refractivity contribution in [3.63, 3.8) is 0 Å². The van der Waals surface area contributed by atoms with Gasteiger partial charge in [-0.3, -0.25) is 9.59 Å². The van der Waals surface area contributed by atoms with Crippen LogP contribution >= 0.6 is 0 Å². The fourth-order valence-corrected chi connectivity index (χ4v) is 5.25. The topological polar surface area (TPSA) is 63.6 Å². The predicted molar refractivity (Wildman–Crippen MR) is 181 cm³/mol. The summed E-state index contributed by atoms with van der Waals surface area (Å²) in [5, 5.41) is 9.07. The number of hydrogen-bond donors (Lipinski definition) is 1. The Morgan fingerprint density at radius 1 is 0.548 bits per heavy atom. The van der Waals surface area contributed by atoms with Gasteiger partial charge in [0.2, 0.25) is 0 Å². The summed E-state index contributed by atoms with van der Waals surface area (Å²) < 4.78 is 5.71. The maximum absolute atomic E-state index is 12.4. The summed E-state index contributed by atoms with van der Waals surface area (Å²) in [6.45, 7) is 4.41. The quantitative estimate of drug-likeness (QED) is 0.0482. The van der Waals surface area contributed by atoms with E-state index in [0.717, 1.165) is 51.4 Å². The van der Waals surface area contributed by atoms with Crippen LogP contribution in [0.3, 0.4) is 0 Å². The van der Waals surface area contributed by atoms with Crippen LogP contribution in [0.1, 0.15) is 187 Å². The van der Waals surface area contributed by atoms with Crippen LogP contribution in [0.25, 0.3) is 0 Å². The van der Waals surface area contributed by atoms with Crippen molar-refractivity contribution in [1.29, 1.82) is 0 Å². The molecule has 0 aromatic heterocycles. The number of aliphatic carboxylic acids is 1. The molecule has 0 aliphatic rings. The Balaban J connectivity index is 3.72. The zero-order valence-corrected chi connectivity index (χ0v) is 27.8. The number of carboxylic acid groups (broad SMARTS) is 1. The Bertz CT molecular complexity index is 679. The monoisotopic (exact) mass is 589 g/mol. The Kier molecular flexibility index (Phi) is 32.2. The minimum atomic E-state index is -0.814. The number of ether oxygens (including phenoxy) is 1. The van der Waals surface area contributed by atoms with E-state index in [9.17, 15) is 9.59 Å². The van der Waals surface area contributed by atoms with Gasteiger partial charge in [-0.25, -0.2) is 0 Å². The third kappa shape index (κ3) is 32.7. The highest BCUT2D eigenvalue weighted by Crippen LogP contribution is 2.17. The first-order chi connectivity index (χ1) is 20.6. The molecule has 0 radical (unpaired) electrons. The van der Waals surface area contributed by atoms with Gasteiger partial charge in [0, 0.05) is 12.8 Å². The molecular formula is C38H68O4. The largest absolute Gasteiger partial charge is 0.481 e. The van der Waals surface area contributed by atoms with Gasteiger partial charge < -0.3 is 9.84 Å². The molecule has 0 bridgehead atoms. The Morgan fingerprint density at radius 3 is 1.57 bits per heavy atom. The van der Waals surface area contributed by atoms with Gasteiger partial charge in [-0.1, -0.05) is 153 Å². The first-order valence-electron chi connectivity index (χ1n) is 18.0. The van der Waals surface area contributed by atoms with E-state index in [4.69, 9.17) is 9.84 Å². The van der Waals surface area contributed by atoms with Crippen molar-refractivity contribution >= 4 is 11.9 Å². The van der Waals surface area contributed by atoms with E-state index in [0.29, 0.717) is 12.8 Å². The summed E-state index contributed by atoms with van der Waals surface area (Å²) in [5.41, 5.74) is 0. The average Bonchev–Trinajstić information content (AvgIpc) is 2.97. The van der Waals surface area contributed by atoms with Gasteiger partial charge in [-0.2, -0.15) is 0 Å². The van der Waals surface area contributed by atoms with E-state index in [1.807, 2.05) is 0 Å². The van der Waals surface area contributed by atoms with Gasteiger partial charge in [-0.15, -0.1) is 0 Å². The SMILES string of the molecule is CC/C=C\C/C=C\C/C=C\CCCCCCCCCCCC(=O)OC(CCCCCCCCCCCC)CCC(=O)O. The summed E-state index contributed by atoms with van der Waals surface area (Å²) in [6, 6.07) is 0. The molecule has 0 aromatic carbocycles. The number of allylic oxidation sites excluding steroid dienone is 6. The summed E-state index contributed by atoms with van der Waals surface area (Å²) in [5.74, 6) is -0.961. The lowest BCUT2D eigenvalue weighted by atomic mass is 10.0. The van der Waals surface area contributed by atoms with E-state index in [1.165, 1.54) is 103 Å². The van der Waals surface area contributed by atoms with Gasteiger partial charge in [-0.05, 0) is 57.8 Å². The third-order valence-electron chi connectivity index (χ3n) is 7.89. The number of unbranched alkanes of at least 4 members (excludes halogenated alkanes) is 18. The van der Waals surface area contributed by atoms with E-state index < -0.39 is 5.97 Å². The van der Waals surface area contributed by atoms with Gasteiger partial charge >= 0.3 is 11.9 Å². The molecule has 0 heterocycles. The molecule has 0 fully saturated rings. The fraction of sp³-hybridized carbons (Fsp3) is 0.789. The van der Waals surface area contributed by atoms with Crippen molar-refractivity contribution in [3.8, 4) is 0 Å². The van der Waals surface area contributed by atoms with Gasteiger partial charge in [0.05, 0.1) is 0 Å². The van der Waals surface area contributed by atoms with Gasteiger partial charge in [0.15, 0.2) is 0 Å². The molecule has 1 unspecified atom stereocenters. The highest BCUT2D eigenvalue weighted by atomic mass is 16.5. The molecule has 0 aromatic rings. The number of hydrogen-bond acceptors (Lipinski definition) is 3. The molecule has 0 rings (SSSR count). The smallest absolute Gasteiger partial charge is 0.306 e. The lowest BCUT2D eigenvalue weighted by Gasteiger charge is -2.17. The second-order valence-electron chi connectivity index (χ2n) is 12.0. The lowest BCUT2D eigenvalue weighted by molar-refractivity contribution is -0.151. The molecular weight excluding hydrogens is 520 g/mol. The number of rotatable bonds is 32. The molecule has 0 spiro atoms.